The summed E-state index contributed by atoms with van der Waals surface area (Å²) in [6.07, 6.45) is 21.2. The first-order valence-corrected chi connectivity index (χ1v) is 8.67. The maximum absolute atomic E-state index is 9.93. The van der Waals surface area contributed by atoms with Crippen LogP contribution in [0.25, 0.3) is 0 Å². The molecule has 0 amide bonds. The minimum atomic E-state index is -0.106. The van der Waals surface area contributed by atoms with E-state index in [0.717, 1.165) is 18.8 Å². The summed E-state index contributed by atoms with van der Waals surface area (Å²) in [4.78, 5) is 0. The van der Waals surface area contributed by atoms with Crippen LogP contribution in [-0.2, 0) is 0 Å². The van der Waals surface area contributed by atoms with Crippen LogP contribution in [0.2, 0.25) is 0 Å². The van der Waals surface area contributed by atoms with Crippen molar-refractivity contribution in [1.29, 1.82) is 0 Å². The van der Waals surface area contributed by atoms with Gasteiger partial charge in [0.2, 0.25) is 0 Å². The monoisotopic (exact) mass is 266 g/mol. The maximum atomic E-state index is 9.93. The molecule has 0 spiro atoms. The van der Waals surface area contributed by atoms with Crippen molar-refractivity contribution in [2.45, 2.75) is 96.5 Å². The molecule has 0 aromatic carbocycles. The molecule has 1 rings (SSSR count). The molecule has 0 bridgehead atoms. The number of aliphatic hydroxyl groups excluding tert-OH is 1. The van der Waals surface area contributed by atoms with Gasteiger partial charge in [-0.2, -0.15) is 0 Å². The van der Waals surface area contributed by atoms with Gasteiger partial charge < -0.3 is 5.11 Å². The standard InChI is InChI=1S/C18H34O/c1-2-3-4-5-6-10-15-18(19)16-11-14-17-12-8-7-9-13-17/h11,14,17-19H,2-10,12-13,15-16H2,1H3/b14-11-. The molecule has 1 N–H and O–H groups in total. The highest BCUT2D eigenvalue weighted by molar-refractivity contribution is 4.91. The summed E-state index contributed by atoms with van der Waals surface area (Å²) in [5.41, 5.74) is 0. The van der Waals surface area contributed by atoms with Crippen molar-refractivity contribution in [3.8, 4) is 0 Å². The Morgan fingerprint density at radius 3 is 2.42 bits per heavy atom. The van der Waals surface area contributed by atoms with E-state index in [9.17, 15) is 5.11 Å². The van der Waals surface area contributed by atoms with Gasteiger partial charge in [-0.3, -0.25) is 0 Å². The molecule has 0 radical (unpaired) electrons. The van der Waals surface area contributed by atoms with Crippen LogP contribution in [0.5, 0.6) is 0 Å². The molecule has 0 aliphatic heterocycles. The highest BCUT2D eigenvalue weighted by Crippen LogP contribution is 2.24. The minimum absolute atomic E-state index is 0.106. The number of hydrogen-bond acceptors (Lipinski definition) is 1. The summed E-state index contributed by atoms with van der Waals surface area (Å²) < 4.78 is 0. The Hall–Kier alpha value is -0.300. The number of hydrogen-bond donors (Lipinski definition) is 1. The molecule has 1 atom stereocenters. The van der Waals surface area contributed by atoms with Crippen molar-refractivity contribution in [2.75, 3.05) is 0 Å². The lowest BCUT2D eigenvalue weighted by molar-refractivity contribution is 0.163. The largest absolute Gasteiger partial charge is 0.393 e. The zero-order valence-corrected chi connectivity index (χ0v) is 12.9. The van der Waals surface area contributed by atoms with Gasteiger partial charge in [0.1, 0.15) is 0 Å². The first-order valence-electron chi connectivity index (χ1n) is 8.67. The SMILES string of the molecule is CCCCCCCCC(O)C/C=C\C1CCCCC1. The average molecular weight is 266 g/mol. The Bertz CT molecular complexity index is 216. The van der Waals surface area contributed by atoms with Gasteiger partial charge in [0.25, 0.3) is 0 Å². The molecule has 112 valence electrons. The summed E-state index contributed by atoms with van der Waals surface area (Å²) in [5, 5.41) is 9.93. The molecule has 1 saturated carbocycles. The molecule has 1 fully saturated rings. The third-order valence-corrected chi connectivity index (χ3v) is 4.36. The second-order valence-corrected chi connectivity index (χ2v) is 6.27. The zero-order valence-electron chi connectivity index (χ0n) is 12.9. The Balaban J connectivity index is 1.94. The Kier molecular flexibility index (Phi) is 10.2. The number of aliphatic hydroxyl groups is 1. The molecule has 19 heavy (non-hydrogen) atoms. The van der Waals surface area contributed by atoms with Crippen LogP contribution in [0.4, 0.5) is 0 Å². The molecule has 0 aromatic rings. The van der Waals surface area contributed by atoms with Gasteiger partial charge in [0.15, 0.2) is 0 Å². The number of allylic oxidation sites excluding steroid dienone is 1. The Morgan fingerprint density at radius 2 is 1.68 bits per heavy atom. The second kappa shape index (κ2) is 11.5. The van der Waals surface area contributed by atoms with Crippen molar-refractivity contribution in [2.24, 2.45) is 5.92 Å². The van der Waals surface area contributed by atoms with E-state index >= 15 is 0 Å². The van der Waals surface area contributed by atoms with Gasteiger partial charge in [-0.05, 0) is 31.6 Å². The smallest absolute Gasteiger partial charge is 0.0574 e. The predicted molar refractivity (Wildman–Crippen MR) is 84.3 cm³/mol. The van der Waals surface area contributed by atoms with Crippen LogP contribution < -0.4 is 0 Å². The fourth-order valence-electron chi connectivity index (χ4n) is 3.03. The molecule has 1 aliphatic carbocycles. The van der Waals surface area contributed by atoms with Gasteiger partial charge in [-0.15, -0.1) is 0 Å². The summed E-state index contributed by atoms with van der Waals surface area (Å²) in [5.74, 6) is 0.801. The fraction of sp³-hybridized carbons (Fsp3) is 0.889. The van der Waals surface area contributed by atoms with Gasteiger partial charge in [-0.1, -0.05) is 76.9 Å². The lowest BCUT2D eigenvalue weighted by Crippen LogP contribution is -2.06. The van der Waals surface area contributed by atoms with Crippen LogP contribution in [-0.4, -0.2) is 11.2 Å². The lowest BCUT2D eigenvalue weighted by atomic mass is 9.89. The van der Waals surface area contributed by atoms with Crippen LogP contribution in [0.3, 0.4) is 0 Å². The average Bonchev–Trinajstić information content (AvgIpc) is 2.44. The summed E-state index contributed by atoms with van der Waals surface area (Å²) in [7, 11) is 0. The fourth-order valence-corrected chi connectivity index (χ4v) is 3.03. The highest BCUT2D eigenvalue weighted by Gasteiger charge is 2.09. The number of rotatable bonds is 10. The van der Waals surface area contributed by atoms with Crippen molar-refractivity contribution in [3.63, 3.8) is 0 Å². The van der Waals surface area contributed by atoms with E-state index in [1.165, 1.54) is 70.6 Å². The third-order valence-electron chi connectivity index (χ3n) is 4.36. The van der Waals surface area contributed by atoms with Crippen molar-refractivity contribution >= 4 is 0 Å². The summed E-state index contributed by atoms with van der Waals surface area (Å²) in [6, 6.07) is 0. The summed E-state index contributed by atoms with van der Waals surface area (Å²) in [6.45, 7) is 2.25. The normalized spacial score (nSPS) is 19.1. The van der Waals surface area contributed by atoms with Crippen LogP contribution in [0.1, 0.15) is 90.4 Å². The Morgan fingerprint density at radius 1 is 1.00 bits per heavy atom. The molecular formula is C18H34O. The molecule has 0 aromatic heterocycles. The van der Waals surface area contributed by atoms with Gasteiger partial charge in [0.05, 0.1) is 6.10 Å². The quantitative estimate of drug-likeness (QED) is 0.401. The van der Waals surface area contributed by atoms with E-state index in [2.05, 4.69) is 19.1 Å². The zero-order chi connectivity index (χ0) is 13.8. The topological polar surface area (TPSA) is 20.2 Å². The van der Waals surface area contributed by atoms with E-state index in [0.29, 0.717) is 0 Å². The van der Waals surface area contributed by atoms with Gasteiger partial charge >= 0.3 is 0 Å². The molecule has 1 aliphatic rings. The third kappa shape index (κ3) is 9.27. The van der Waals surface area contributed by atoms with E-state index in [1.807, 2.05) is 0 Å². The number of unbranched alkanes of at least 4 members (excludes halogenated alkanes) is 5. The van der Waals surface area contributed by atoms with E-state index < -0.39 is 0 Å². The second-order valence-electron chi connectivity index (χ2n) is 6.27. The van der Waals surface area contributed by atoms with Gasteiger partial charge in [-0.25, -0.2) is 0 Å². The highest BCUT2D eigenvalue weighted by atomic mass is 16.3. The molecule has 0 saturated heterocycles. The lowest BCUT2D eigenvalue weighted by Gasteiger charge is -2.18. The van der Waals surface area contributed by atoms with E-state index in [-0.39, 0.29) is 6.10 Å². The molecule has 0 heterocycles. The van der Waals surface area contributed by atoms with Crippen LogP contribution in [0, 0.1) is 5.92 Å². The van der Waals surface area contributed by atoms with Crippen molar-refractivity contribution in [3.05, 3.63) is 12.2 Å². The molecule has 1 unspecified atom stereocenters. The van der Waals surface area contributed by atoms with Crippen LogP contribution in [0.15, 0.2) is 12.2 Å². The minimum Gasteiger partial charge on any atom is -0.393 e. The van der Waals surface area contributed by atoms with Crippen molar-refractivity contribution < 1.29 is 5.11 Å². The van der Waals surface area contributed by atoms with Crippen LogP contribution >= 0.6 is 0 Å². The molecule has 1 heteroatoms. The van der Waals surface area contributed by atoms with E-state index in [1.54, 1.807) is 0 Å². The summed E-state index contributed by atoms with van der Waals surface area (Å²) >= 11 is 0. The molecular weight excluding hydrogens is 232 g/mol. The first kappa shape index (κ1) is 16.8. The van der Waals surface area contributed by atoms with E-state index in [4.69, 9.17) is 0 Å². The first-order chi connectivity index (χ1) is 9.33. The predicted octanol–water partition coefficient (Wildman–Crippen LogP) is 5.62. The van der Waals surface area contributed by atoms with Crippen molar-refractivity contribution in [1.82, 2.24) is 0 Å². The van der Waals surface area contributed by atoms with Gasteiger partial charge in [0, 0.05) is 0 Å². The maximum Gasteiger partial charge on any atom is 0.0574 e. The Labute approximate surface area is 120 Å². The molecule has 1 nitrogen and oxygen atoms in total.